The Bertz CT molecular complexity index is 1890. The number of quaternary nitrogens is 1. The van der Waals surface area contributed by atoms with Gasteiger partial charge in [0, 0.05) is 31.0 Å². The van der Waals surface area contributed by atoms with E-state index in [4.69, 9.17) is 4.74 Å². The van der Waals surface area contributed by atoms with Gasteiger partial charge in [0.05, 0.1) is 56.2 Å². The maximum atomic E-state index is 13.7. The van der Waals surface area contributed by atoms with Gasteiger partial charge in [-0.2, -0.15) is 23.5 Å². The molecule has 1 atom stereocenters. The number of allylic oxidation sites excluding steroid dienone is 1. The Morgan fingerprint density at radius 2 is 1.93 bits per heavy atom. The van der Waals surface area contributed by atoms with Crippen molar-refractivity contribution < 1.29 is 27.2 Å². The number of nitrogens with one attached hydrogen (secondary N) is 1. The minimum Gasteiger partial charge on any atom is -0.466 e. The third-order valence-electron chi connectivity index (χ3n) is 8.05. The number of methoxy groups -OCH3 is 1. The van der Waals surface area contributed by atoms with E-state index in [1.807, 2.05) is 17.8 Å². The number of hydrogen-bond acceptors (Lipinski definition) is 7. The first-order chi connectivity index (χ1) is 21.3. The van der Waals surface area contributed by atoms with Crippen molar-refractivity contribution in [1.29, 1.82) is 5.26 Å². The van der Waals surface area contributed by atoms with E-state index in [9.17, 15) is 28.0 Å². The maximum absolute atomic E-state index is 13.7. The summed E-state index contributed by atoms with van der Waals surface area (Å²) in [6, 6.07) is 12.6. The fourth-order valence-corrected chi connectivity index (χ4v) is 5.73. The van der Waals surface area contributed by atoms with Gasteiger partial charge in [0.2, 0.25) is 5.95 Å². The number of nitriles is 1. The normalized spacial score (nSPS) is 15.2. The molecular formula is C31H32F3N8O3+. The standard InChI is InChI=1S/C31H31F3N8O3/c1-19-26(28(43)45-5)27(41-29(37-38-30(41)44)40(19)23-8-6-7-22(16-23)31(32,33)34)25-10-9-20(17-35)15-21(25)12-14-42(3,4)18-24-11-13-36-39(24)2/h6-11,13,15-16,27H,12,14,18H2,1-5H3/p+1. The van der Waals surface area contributed by atoms with Crippen molar-refractivity contribution in [3.8, 4) is 6.07 Å². The monoisotopic (exact) mass is 621 g/mol. The van der Waals surface area contributed by atoms with E-state index in [-0.39, 0.29) is 22.9 Å². The molecule has 2 aromatic carbocycles. The van der Waals surface area contributed by atoms with Crippen LogP contribution in [0.3, 0.4) is 0 Å². The van der Waals surface area contributed by atoms with E-state index in [0.717, 1.165) is 23.4 Å². The number of alkyl halides is 3. The zero-order valence-corrected chi connectivity index (χ0v) is 25.4. The number of benzene rings is 2. The molecule has 0 spiro atoms. The summed E-state index contributed by atoms with van der Waals surface area (Å²) in [7, 11) is 7.20. The molecule has 1 unspecified atom stereocenters. The molecule has 0 saturated heterocycles. The molecule has 2 aromatic heterocycles. The summed E-state index contributed by atoms with van der Waals surface area (Å²) in [6.07, 6.45) is -2.42. The number of ether oxygens (including phenoxy) is 1. The highest BCUT2D eigenvalue weighted by atomic mass is 19.4. The van der Waals surface area contributed by atoms with Crippen LogP contribution in [0.15, 0.2) is 70.8 Å². The first-order valence-corrected chi connectivity index (χ1v) is 14.0. The zero-order valence-electron chi connectivity index (χ0n) is 25.4. The molecule has 0 fully saturated rings. The number of esters is 1. The molecule has 11 nitrogen and oxygen atoms in total. The van der Waals surface area contributed by atoms with Crippen molar-refractivity contribution in [3.63, 3.8) is 0 Å². The van der Waals surface area contributed by atoms with Gasteiger partial charge in [-0.3, -0.25) is 9.58 Å². The lowest BCUT2D eigenvalue weighted by molar-refractivity contribution is -0.903. The molecular weight excluding hydrogens is 589 g/mol. The molecule has 0 amide bonds. The topological polar surface area (TPSA) is 122 Å². The lowest BCUT2D eigenvalue weighted by Gasteiger charge is -2.36. The first kappa shape index (κ1) is 31.3. The Balaban J connectivity index is 1.65. The van der Waals surface area contributed by atoms with Crippen LogP contribution in [0.2, 0.25) is 0 Å². The molecule has 0 radical (unpaired) electrons. The lowest BCUT2D eigenvalue weighted by Crippen LogP contribution is -2.41. The van der Waals surface area contributed by atoms with Crippen LogP contribution in [0.5, 0.6) is 0 Å². The second-order valence-electron chi connectivity index (χ2n) is 11.5. The van der Waals surface area contributed by atoms with Gasteiger partial charge in [-0.05, 0) is 54.4 Å². The Morgan fingerprint density at radius 3 is 2.58 bits per heavy atom. The van der Waals surface area contributed by atoms with Gasteiger partial charge in [0.15, 0.2) is 0 Å². The third kappa shape index (κ3) is 5.99. The predicted octanol–water partition coefficient (Wildman–Crippen LogP) is 4.20. The highest BCUT2D eigenvalue weighted by Gasteiger charge is 2.41. The molecule has 0 bridgehead atoms. The number of carbonyl (C=O) groups excluding carboxylic acids is 1. The van der Waals surface area contributed by atoms with Crippen LogP contribution in [0.25, 0.3) is 0 Å². The number of halogens is 3. The highest BCUT2D eigenvalue weighted by molar-refractivity contribution is 5.93. The average molecular weight is 622 g/mol. The number of anilines is 2. The van der Waals surface area contributed by atoms with E-state index in [1.54, 1.807) is 31.3 Å². The summed E-state index contributed by atoms with van der Waals surface area (Å²) in [5.74, 6) is -0.770. The lowest BCUT2D eigenvalue weighted by atomic mass is 9.89. The van der Waals surface area contributed by atoms with Crippen LogP contribution in [0, 0.1) is 11.3 Å². The fraction of sp³-hybridized carbons (Fsp3) is 0.323. The molecule has 1 aliphatic heterocycles. The molecule has 5 rings (SSSR count). The van der Waals surface area contributed by atoms with Gasteiger partial charge in [-0.25, -0.2) is 19.3 Å². The third-order valence-corrected chi connectivity index (χ3v) is 8.05. The first-order valence-electron chi connectivity index (χ1n) is 14.0. The van der Waals surface area contributed by atoms with E-state index in [1.165, 1.54) is 28.7 Å². The average Bonchev–Trinajstić information content (AvgIpc) is 3.58. The number of carbonyl (C=O) groups is 1. The SMILES string of the molecule is COC(=O)C1=C(C)N(c2cccc(C(F)(F)F)c2)c2n[nH]c(=O)n2C1c1ccc(C#N)cc1CC[N+](C)(C)Cc1ccnn1C. The van der Waals surface area contributed by atoms with E-state index in [2.05, 4.69) is 35.5 Å². The van der Waals surface area contributed by atoms with Crippen molar-refractivity contribution >= 4 is 17.6 Å². The molecule has 14 heteroatoms. The van der Waals surface area contributed by atoms with Crippen molar-refractivity contribution in [1.82, 2.24) is 24.5 Å². The van der Waals surface area contributed by atoms with Crippen LogP contribution in [0.4, 0.5) is 24.8 Å². The van der Waals surface area contributed by atoms with Crippen LogP contribution >= 0.6 is 0 Å². The number of likely N-dealkylation sites (N-methyl/N-ethyl adjacent to an activating group) is 1. The van der Waals surface area contributed by atoms with E-state index < -0.39 is 29.4 Å². The van der Waals surface area contributed by atoms with Gasteiger partial charge in [0.25, 0.3) is 0 Å². The smallest absolute Gasteiger partial charge is 0.416 e. The van der Waals surface area contributed by atoms with E-state index in [0.29, 0.717) is 35.1 Å². The minimum absolute atomic E-state index is 0.00268. The number of nitrogens with zero attached hydrogens (tertiary/aromatic N) is 7. The van der Waals surface area contributed by atoms with Gasteiger partial charge in [0.1, 0.15) is 12.6 Å². The maximum Gasteiger partial charge on any atom is 0.416 e. The van der Waals surface area contributed by atoms with Gasteiger partial charge >= 0.3 is 17.8 Å². The van der Waals surface area contributed by atoms with E-state index >= 15 is 0 Å². The number of aromatic amines is 1. The Hall–Kier alpha value is -5.16. The molecule has 234 valence electrons. The van der Waals surface area contributed by atoms with Crippen molar-refractivity contribution in [2.75, 3.05) is 32.6 Å². The van der Waals surface area contributed by atoms with Crippen molar-refractivity contribution in [2.45, 2.75) is 32.1 Å². The quantitative estimate of drug-likeness (QED) is 0.231. The summed E-state index contributed by atoms with van der Waals surface area (Å²) in [5.41, 5.74) is 1.46. The van der Waals surface area contributed by atoms with Crippen LogP contribution in [0.1, 0.15) is 40.9 Å². The Morgan fingerprint density at radius 1 is 1.18 bits per heavy atom. The van der Waals surface area contributed by atoms with Crippen LogP contribution in [-0.2, 0) is 35.7 Å². The molecule has 3 heterocycles. The number of hydrogen-bond donors (Lipinski definition) is 1. The number of fused-ring (bicyclic) bond motifs is 1. The van der Waals surface area contributed by atoms with Gasteiger partial charge < -0.3 is 9.22 Å². The predicted molar refractivity (Wildman–Crippen MR) is 158 cm³/mol. The number of aryl methyl sites for hydroxylation is 1. The zero-order chi connectivity index (χ0) is 32.7. The van der Waals surface area contributed by atoms with Gasteiger partial charge in [-0.1, -0.05) is 12.1 Å². The molecule has 0 aliphatic carbocycles. The largest absolute Gasteiger partial charge is 0.466 e. The molecule has 1 aliphatic rings. The van der Waals surface area contributed by atoms with Crippen LogP contribution in [-0.4, -0.2) is 62.7 Å². The summed E-state index contributed by atoms with van der Waals surface area (Å²) in [6.45, 7) is 2.87. The van der Waals surface area contributed by atoms with Crippen molar-refractivity contribution in [2.24, 2.45) is 7.05 Å². The van der Waals surface area contributed by atoms with Crippen molar-refractivity contribution in [3.05, 3.63) is 104 Å². The number of H-pyrrole nitrogens is 1. The summed E-state index contributed by atoms with van der Waals surface area (Å²) < 4.78 is 49.7. The summed E-state index contributed by atoms with van der Waals surface area (Å²) >= 11 is 0. The molecule has 45 heavy (non-hydrogen) atoms. The summed E-state index contributed by atoms with van der Waals surface area (Å²) in [4.78, 5) is 28.2. The number of aromatic nitrogens is 5. The molecule has 1 N–H and O–H groups in total. The number of rotatable bonds is 8. The minimum atomic E-state index is -4.62. The Kier molecular flexibility index (Phi) is 8.15. The second kappa shape index (κ2) is 11.7. The molecule has 4 aromatic rings. The highest BCUT2D eigenvalue weighted by Crippen LogP contribution is 2.43. The Labute approximate surface area is 257 Å². The fourth-order valence-electron chi connectivity index (χ4n) is 5.73. The second-order valence-corrected chi connectivity index (χ2v) is 11.5. The van der Waals surface area contributed by atoms with Crippen LogP contribution < -0.4 is 10.6 Å². The molecule has 0 saturated carbocycles. The van der Waals surface area contributed by atoms with Gasteiger partial charge in [-0.15, -0.1) is 5.10 Å². The summed E-state index contributed by atoms with van der Waals surface area (Å²) in [5, 5.41) is 20.5.